The number of β-amino-alcohol motifs (C(OH)–C–C–N with tert-alkyl or cyclic N) is 2. The molecule has 0 aromatic carbocycles. The van der Waals surface area contributed by atoms with Gasteiger partial charge in [-0.15, -0.1) is 0 Å². The fraction of sp³-hybridized carbons (Fsp3) is 0.833. The molecular formula is C12H21N3O4. The Morgan fingerprint density at radius 1 is 1.26 bits per heavy atom. The van der Waals surface area contributed by atoms with Crippen LogP contribution in [0.1, 0.15) is 12.8 Å². The Labute approximate surface area is 112 Å². The maximum absolute atomic E-state index is 11.9. The Morgan fingerprint density at radius 3 is 2.37 bits per heavy atom. The normalized spacial score (nSPS) is 27.3. The number of aliphatic hydroxyl groups excluding tert-OH is 2. The molecule has 3 N–H and O–H groups in total. The molecule has 1 aliphatic heterocycles. The summed E-state index contributed by atoms with van der Waals surface area (Å²) in [6, 6.07) is 0.292. The second-order valence-corrected chi connectivity index (χ2v) is 5.42. The SMILES string of the molecule is CN(CC(=O)NC1CC1)C(=O)CN1CC(O)C(O)C1. The van der Waals surface area contributed by atoms with Crippen LogP contribution in [-0.4, -0.2) is 83.3 Å². The van der Waals surface area contributed by atoms with Crippen LogP contribution in [0.2, 0.25) is 0 Å². The standard InChI is InChI=1S/C12H21N3O4/c1-14(6-11(18)13-8-2-3-8)12(19)7-15-4-9(16)10(17)5-15/h8-10,16-17H,2-7H2,1H3,(H,13,18). The van der Waals surface area contributed by atoms with Crippen LogP contribution < -0.4 is 5.32 Å². The fourth-order valence-corrected chi connectivity index (χ4v) is 2.09. The van der Waals surface area contributed by atoms with Gasteiger partial charge in [-0.1, -0.05) is 0 Å². The van der Waals surface area contributed by atoms with Crippen molar-refractivity contribution < 1.29 is 19.8 Å². The van der Waals surface area contributed by atoms with E-state index < -0.39 is 12.2 Å². The first kappa shape index (κ1) is 14.2. The van der Waals surface area contributed by atoms with Gasteiger partial charge in [0.15, 0.2) is 0 Å². The van der Waals surface area contributed by atoms with Gasteiger partial charge in [0.05, 0.1) is 25.3 Å². The number of aliphatic hydroxyl groups is 2. The summed E-state index contributed by atoms with van der Waals surface area (Å²) in [7, 11) is 1.58. The lowest BCUT2D eigenvalue weighted by molar-refractivity contribution is -0.135. The minimum Gasteiger partial charge on any atom is -0.389 e. The van der Waals surface area contributed by atoms with E-state index >= 15 is 0 Å². The van der Waals surface area contributed by atoms with Crippen LogP contribution in [0.4, 0.5) is 0 Å². The van der Waals surface area contributed by atoms with E-state index in [1.165, 1.54) is 4.90 Å². The first-order chi connectivity index (χ1) is 8.95. The molecule has 2 rings (SSSR count). The third-order valence-corrected chi connectivity index (χ3v) is 3.44. The second-order valence-electron chi connectivity index (χ2n) is 5.42. The van der Waals surface area contributed by atoms with E-state index in [0.717, 1.165) is 12.8 Å². The van der Waals surface area contributed by atoms with Gasteiger partial charge in [-0.25, -0.2) is 0 Å². The molecule has 7 heteroatoms. The molecule has 108 valence electrons. The number of nitrogens with one attached hydrogen (secondary N) is 1. The Morgan fingerprint density at radius 2 is 1.84 bits per heavy atom. The van der Waals surface area contributed by atoms with Gasteiger partial charge in [-0.2, -0.15) is 0 Å². The number of carbonyl (C=O) groups excluding carboxylic acids is 2. The summed E-state index contributed by atoms with van der Waals surface area (Å²) < 4.78 is 0. The zero-order valence-electron chi connectivity index (χ0n) is 11.1. The van der Waals surface area contributed by atoms with E-state index in [9.17, 15) is 19.8 Å². The lowest BCUT2D eigenvalue weighted by Gasteiger charge is -2.20. The van der Waals surface area contributed by atoms with Crippen molar-refractivity contribution in [1.82, 2.24) is 15.1 Å². The van der Waals surface area contributed by atoms with Crippen LogP contribution >= 0.6 is 0 Å². The molecule has 0 bridgehead atoms. The minimum atomic E-state index is -0.795. The molecule has 7 nitrogen and oxygen atoms in total. The Hall–Kier alpha value is -1.18. The van der Waals surface area contributed by atoms with Crippen molar-refractivity contribution >= 4 is 11.8 Å². The summed E-state index contributed by atoms with van der Waals surface area (Å²) in [6.45, 7) is 0.736. The topological polar surface area (TPSA) is 93.1 Å². The van der Waals surface area contributed by atoms with E-state index in [0.29, 0.717) is 6.04 Å². The summed E-state index contributed by atoms with van der Waals surface area (Å²) in [6.07, 6.45) is 0.451. The third kappa shape index (κ3) is 4.15. The van der Waals surface area contributed by atoms with Gasteiger partial charge in [0, 0.05) is 26.2 Å². The highest BCUT2D eigenvalue weighted by Gasteiger charge is 2.31. The highest BCUT2D eigenvalue weighted by Crippen LogP contribution is 2.18. The molecule has 2 amide bonds. The van der Waals surface area contributed by atoms with E-state index in [4.69, 9.17) is 0 Å². The van der Waals surface area contributed by atoms with Crippen molar-refractivity contribution in [3.8, 4) is 0 Å². The minimum absolute atomic E-state index is 0.0499. The summed E-state index contributed by atoms with van der Waals surface area (Å²) in [5.74, 6) is -0.327. The highest BCUT2D eigenvalue weighted by atomic mass is 16.3. The van der Waals surface area contributed by atoms with Crippen LogP contribution in [0.25, 0.3) is 0 Å². The average molecular weight is 271 g/mol. The first-order valence-electron chi connectivity index (χ1n) is 6.57. The second kappa shape index (κ2) is 5.85. The van der Waals surface area contributed by atoms with Gasteiger partial charge >= 0.3 is 0 Å². The van der Waals surface area contributed by atoms with Crippen molar-refractivity contribution in [3.05, 3.63) is 0 Å². The van der Waals surface area contributed by atoms with Crippen LogP contribution in [0, 0.1) is 0 Å². The molecule has 0 aromatic heterocycles. The van der Waals surface area contributed by atoms with Gasteiger partial charge in [0.2, 0.25) is 11.8 Å². The molecule has 19 heavy (non-hydrogen) atoms. The zero-order chi connectivity index (χ0) is 14.0. The number of likely N-dealkylation sites (tertiary alicyclic amines) is 1. The number of likely N-dealkylation sites (N-methyl/N-ethyl adjacent to an activating group) is 1. The first-order valence-corrected chi connectivity index (χ1v) is 6.57. The number of nitrogens with zero attached hydrogens (tertiary/aromatic N) is 2. The smallest absolute Gasteiger partial charge is 0.239 e. The molecule has 2 atom stereocenters. The lowest BCUT2D eigenvalue weighted by atomic mass is 10.3. The van der Waals surface area contributed by atoms with E-state index in [-0.39, 0.29) is 38.0 Å². The number of rotatable bonds is 5. The van der Waals surface area contributed by atoms with Gasteiger partial charge in [0.25, 0.3) is 0 Å². The van der Waals surface area contributed by atoms with Gasteiger partial charge in [0.1, 0.15) is 0 Å². The Balaban J connectivity index is 1.71. The monoisotopic (exact) mass is 271 g/mol. The maximum atomic E-state index is 11.9. The molecule has 0 spiro atoms. The molecule has 0 aromatic rings. The molecule has 2 unspecified atom stereocenters. The zero-order valence-corrected chi connectivity index (χ0v) is 11.1. The largest absolute Gasteiger partial charge is 0.389 e. The molecule has 1 heterocycles. The number of carbonyl (C=O) groups is 2. The number of hydrogen-bond donors (Lipinski definition) is 3. The van der Waals surface area contributed by atoms with Crippen LogP contribution in [0.3, 0.4) is 0 Å². The quantitative estimate of drug-likeness (QED) is 0.526. The molecule has 1 saturated heterocycles. The number of amides is 2. The predicted octanol–water partition coefficient (Wildman–Crippen LogP) is -2.24. The Bertz CT molecular complexity index is 349. The van der Waals surface area contributed by atoms with Gasteiger partial charge in [-0.3, -0.25) is 14.5 Å². The van der Waals surface area contributed by atoms with Gasteiger partial charge in [-0.05, 0) is 12.8 Å². The molecule has 1 saturated carbocycles. The molecular weight excluding hydrogens is 250 g/mol. The molecule has 0 radical (unpaired) electrons. The fourth-order valence-electron chi connectivity index (χ4n) is 2.09. The summed E-state index contributed by atoms with van der Waals surface area (Å²) in [4.78, 5) is 26.5. The van der Waals surface area contributed by atoms with E-state index in [1.807, 2.05) is 0 Å². The van der Waals surface area contributed by atoms with Crippen molar-refractivity contribution in [3.63, 3.8) is 0 Å². The van der Waals surface area contributed by atoms with Crippen molar-refractivity contribution in [1.29, 1.82) is 0 Å². The van der Waals surface area contributed by atoms with Gasteiger partial charge < -0.3 is 20.4 Å². The summed E-state index contributed by atoms with van der Waals surface area (Å²) in [5, 5.41) is 21.6. The molecule has 2 fully saturated rings. The number of hydrogen-bond acceptors (Lipinski definition) is 5. The molecule has 2 aliphatic rings. The van der Waals surface area contributed by atoms with Crippen molar-refractivity contribution in [2.45, 2.75) is 31.1 Å². The van der Waals surface area contributed by atoms with E-state index in [1.54, 1.807) is 11.9 Å². The summed E-state index contributed by atoms with van der Waals surface area (Å²) in [5.41, 5.74) is 0. The Kier molecular flexibility index (Phi) is 4.38. The van der Waals surface area contributed by atoms with Crippen molar-refractivity contribution in [2.75, 3.05) is 33.2 Å². The highest BCUT2D eigenvalue weighted by molar-refractivity contribution is 5.85. The lowest BCUT2D eigenvalue weighted by Crippen LogP contribution is -2.43. The van der Waals surface area contributed by atoms with Crippen LogP contribution in [-0.2, 0) is 9.59 Å². The maximum Gasteiger partial charge on any atom is 0.239 e. The van der Waals surface area contributed by atoms with Crippen LogP contribution in [0.5, 0.6) is 0 Å². The average Bonchev–Trinajstić information content (AvgIpc) is 3.06. The third-order valence-electron chi connectivity index (χ3n) is 3.44. The van der Waals surface area contributed by atoms with E-state index in [2.05, 4.69) is 5.32 Å². The molecule has 1 aliphatic carbocycles. The summed E-state index contributed by atoms with van der Waals surface area (Å²) >= 11 is 0. The van der Waals surface area contributed by atoms with Crippen molar-refractivity contribution in [2.24, 2.45) is 0 Å². The predicted molar refractivity (Wildman–Crippen MR) is 67.3 cm³/mol. The van der Waals surface area contributed by atoms with Crippen LogP contribution in [0.15, 0.2) is 0 Å².